The molecule has 3 fully saturated rings. The van der Waals surface area contributed by atoms with Crippen molar-refractivity contribution in [3.05, 3.63) is 11.6 Å². The Morgan fingerprint density at radius 1 is 0.968 bits per heavy atom. The number of aliphatic hydroxyl groups is 2. The summed E-state index contributed by atoms with van der Waals surface area (Å²) in [7, 11) is 0. The van der Waals surface area contributed by atoms with Gasteiger partial charge >= 0.3 is 0 Å². The summed E-state index contributed by atoms with van der Waals surface area (Å²) in [6, 6.07) is 0. The van der Waals surface area contributed by atoms with E-state index in [1.807, 2.05) is 6.92 Å². The highest BCUT2D eigenvalue weighted by molar-refractivity contribution is 5.25. The first-order chi connectivity index (χ1) is 14.6. The van der Waals surface area contributed by atoms with Gasteiger partial charge in [-0.1, -0.05) is 52.7 Å². The molecule has 31 heavy (non-hydrogen) atoms. The van der Waals surface area contributed by atoms with Gasteiger partial charge in [-0.15, -0.1) is 0 Å². The Morgan fingerprint density at radius 3 is 2.39 bits per heavy atom. The van der Waals surface area contributed by atoms with E-state index in [4.69, 9.17) is 0 Å². The average Bonchev–Trinajstić information content (AvgIpc) is 3.05. The summed E-state index contributed by atoms with van der Waals surface area (Å²) in [5.41, 5.74) is 2.46. The van der Waals surface area contributed by atoms with Crippen LogP contribution < -0.4 is 0 Å². The van der Waals surface area contributed by atoms with Crippen LogP contribution in [0.5, 0.6) is 0 Å². The van der Waals surface area contributed by atoms with Gasteiger partial charge in [-0.25, -0.2) is 0 Å². The maximum atomic E-state index is 10.2. The number of fused-ring (bicyclic) bond motifs is 5. The van der Waals surface area contributed by atoms with Crippen LogP contribution in [-0.2, 0) is 0 Å². The molecule has 178 valence electrons. The molecule has 10 atom stereocenters. The molecule has 2 heteroatoms. The fourth-order valence-electron chi connectivity index (χ4n) is 9.41. The van der Waals surface area contributed by atoms with Gasteiger partial charge in [-0.2, -0.15) is 0 Å². The standard InChI is InChI=1S/C29H50O2/c1-18(2)23(20(4)30)9-7-19(3)25-11-12-26-24-10-8-21-17-22(31)13-15-28(21,5)27(24)14-16-29(25,26)6/h8,18-20,22-27,30-31H,7,9-17H2,1-6H3/t19-,20-,22+,23?,24?,25-,26?,27?,28+,29-/m1/s1. The van der Waals surface area contributed by atoms with Gasteiger partial charge in [0.05, 0.1) is 12.2 Å². The monoisotopic (exact) mass is 430 g/mol. The number of rotatable bonds is 6. The van der Waals surface area contributed by atoms with Crippen molar-refractivity contribution in [1.29, 1.82) is 0 Å². The largest absolute Gasteiger partial charge is 0.393 e. The van der Waals surface area contributed by atoms with Gasteiger partial charge in [-0.05, 0) is 117 Å². The molecule has 0 aromatic carbocycles. The second kappa shape index (κ2) is 8.79. The molecule has 2 N–H and O–H groups in total. The molecule has 4 aliphatic carbocycles. The first-order valence-corrected chi connectivity index (χ1v) is 13.6. The van der Waals surface area contributed by atoms with Crippen LogP contribution in [0.3, 0.4) is 0 Å². The molecule has 0 heterocycles. The van der Waals surface area contributed by atoms with Crippen molar-refractivity contribution in [1.82, 2.24) is 0 Å². The molecule has 4 aliphatic rings. The van der Waals surface area contributed by atoms with E-state index in [2.05, 4.69) is 40.7 Å². The normalized spacial score (nSPS) is 45.3. The molecule has 0 aromatic heterocycles. The van der Waals surface area contributed by atoms with E-state index in [0.29, 0.717) is 22.7 Å². The minimum atomic E-state index is -0.187. The Hall–Kier alpha value is -0.340. The van der Waals surface area contributed by atoms with Crippen LogP contribution in [0.1, 0.15) is 106 Å². The molecule has 0 aliphatic heterocycles. The summed E-state index contributed by atoms with van der Waals surface area (Å²) in [6.07, 6.45) is 14.8. The molecule has 4 rings (SSSR count). The summed E-state index contributed by atoms with van der Waals surface area (Å²) < 4.78 is 0. The van der Waals surface area contributed by atoms with Crippen molar-refractivity contribution in [3.63, 3.8) is 0 Å². The van der Waals surface area contributed by atoms with Crippen LogP contribution in [0.4, 0.5) is 0 Å². The van der Waals surface area contributed by atoms with E-state index in [0.717, 1.165) is 42.4 Å². The average molecular weight is 431 g/mol. The predicted molar refractivity (Wildman–Crippen MR) is 130 cm³/mol. The lowest BCUT2D eigenvalue weighted by molar-refractivity contribution is -0.0578. The topological polar surface area (TPSA) is 40.5 Å². The maximum Gasteiger partial charge on any atom is 0.0577 e. The van der Waals surface area contributed by atoms with Crippen molar-refractivity contribution in [3.8, 4) is 0 Å². The Kier molecular flexibility index (Phi) is 6.75. The molecule has 4 unspecified atom stereocenters. The SMILES string of the molecule is CC(C)C(CC[C@@H](C)[C@H]1CCC2C3CC=C4C[C@@H](O)CC[C@]4(C)C3CC[C@@]21C)[C@@H](C)O. The fraction of sp³-hybridized carbons (Fsp3) is 0.931. The number of allylic oxidation sites excluding steroid dienone is 1. The molecule has 0 radical (unpaired) electrons. The van der Waals surface area contributed by atoms with Gasteiger partial charge in [0.2, 0.25) is 0 Å². The van der Waals surface area contributed by atoms with Gasteiger partial charge in [-0.3, -0.25) is 0 Å². The second-order valence-electron chi connectivity index (χ2n) is 13.1. The lowest BCUT2D eigenvalue weighted by Crippen LogP contribution is -2.50. The number of hydrogen-bond donors (Lipinski definition) is 2. The van der Waals surface area contributed by atoms with Crippen molar-refractivity contribution < 1.29 is 10.2 Å². The van der Waals surface area contributed by atoms with Crippen molar-refractivity contribution in [2.45, 2.75) is 118 Å². The second-order valence-corrected chi connectivity index (χ2v) is 13.1. The summed E-state index contributed by atoms with van der Waals surface area (Å²) in [4.78, 5) is 0. The van der Waals surface area contributed by atoms with E-state index >= 15 is 0 Å². The molecule has 3 saturated carbocycles. The van der Waals surface area contributed by atoms with Crippen LogP contribution in [-0.4, -0.2) is 22.4 Å². The number of hydrogen-bond acceptors (Lipinski definition) is 2. The lowest BCUT2D eigenvalue weighted by Gasteiger charge is -2.58. The van der Waals surface area contributed by atoms with Crippen molar-refractivity contribution in [2.24, 2.45) is 52.3 Å². The van der Waals surface area contributed by atoms with Gasteiger partial charge in [0, 0.05) is 0 Å². The molecule has 0 spiro atoms. The first kappa shape index (κ1) is 23.8. The summed E-state index contributed by atoms with van der Waals surface area (Å²) in [6.45, 7) is 14.2. The minimum Gasteiger partial charge on any atom is -0.393 e. The quantitative estimate of drug-likeness (QED) is 0.446. The third-order valence-corrected chi connectivity index (χ3v) is 11.3. The molecule has 0 saturated heterocycles. The van der Waals surface area contributed by atoms with E-state index in [-0.39, 0.29) is 12.2 Å². The summed E-state index contributed by atoms with van der Waals surface area (Å²) >= 11 is 0. The molecule has 0 aromatic rings. The Bertz CT molecular complexity index is 658. The van der Waals surface area contributed by atoms with Crippen LogP contribution in [0.2, 0.25) is 0 Å². The maximum absolute atomic E-state index is 10.2. The summed E-state index contributed by atoms with van der Waals surface area (Å²) in [5, 5.41) is 20.5. The molecule has 0 amide bonds. The van der Waals surface area contributed by atoms with Crippen LogP contribution in [0.15, 0.2) is 11.6 Å². The van der Waals surface area contributed by atoms with E-state index in [1.165, 1.54) is 51.4 Å². The zero-order valence-corrected chi connectivity index (χ0v) is 21.2. The van der Waals surface area contributed by atoms with Crippen molar-refractivity contribution >= 4 is 0 Å². The van der Waals surface area contributed by atoms with E-state index in [9.17, 15) is 10.2 Å². The highest BCUT2D eigenvalue weighted by atomic mass is 16.3. The fourth-order valence-corrected chi connectivity index (χ4v) is 9.41. The Balaban J connectivity index is 1.47. The smallest absolute Gasteiger partial charge is 0.0577 e. The van der Waals surface area contributed by atoms with Gasteiger partial charge in [0.15, 0.2) is 0 Å². The highest BCUT2D eigenvalue weighted by Gasteiger charge is 2.59. The third kappa shape index (κ3) is 4.07. The van der Waals surface area contributed by atoms with E-state index < -0.39 is 0 Å². The van der Waals surface area contributed by atoms with Gasteiger partial charge in [0.25, 0.3) is 0 Å². The minimum absolute atomic E-state index is 0.0993. The number of aliphatic hydroxyl groups excluding tert-OH is 2. The Morgan fingerprint density at radius 2 is 1.71 bits per heavy atom. The zero-order valence-electron chi connectivity index (χ0n) is 21.2. The van der Waals surface area contributed by atoms with Crippen LogP contribution in [0, 0.1) is 52.3 Å². The zero-order chi connectivity index (χ0) is 22.6. The van der Waals surface area contributed by atoms with Gasteiger partial charge < -0.3 is 10.2 Å². The van der Waals surface area contributed by atoms with Gasteiger partial charge in [0.1, 0.15) is 0 Å². The summed E-state index contributed by atoms with van der Waals surface area (Å²) in [5.74, 6) is 5.21. The first-order valence-electron chi connectivity index (χ1n) is 13.6. The highest BCUT2D eigenvalue weighted by Crippen LogP contribution is 2.67. The molecule has 2 nitrogen and oxygen atoms in total. The molecular weight excluding hydrogens is 380 g/mol. The van der Waals surface area contributed by atoms with E-state index in [1.54, 1.807) is 5.57 Å². The predicted octanol–water partition coefficient (Wildman–Crippen LogP) is 7.00. The van der Waals surface area contributed by atoms with Crippen molar-refractivity contribution in [2.75, 3.05) is 0 Å². The third-order valence-electron chi connectivity index (χ3n) is 11.3. The molecule has 0 bridgehead atoms. The molecular formula is C29H50O2. The van der Waals surface area contributed by atoms with Crippen LogP contribution in [0.25, 0.3) is 0 Å². The Labute approximate surface area is 192 Å². The lowest BCUT2D eigenvalue weighted by atomic mass is 9.47. The van der Waals surface area contributed by atoms with Crippen LogP contribution >= 0.6 is 0 Å².